The molecule has 0 saturated heterocycles. The van der Waals surface area contributed by atoms with E-state index < -0.39 is 5.91 Å². The number of benzene rings is 2. The minimum Gasteiger partial charge on any atom is -0.495 e. The summed E-state index contributed by atoms with van der Waals surface area (Å²) in [6, 6.07) is 12.6. The van der Waals surface area contributed by atoms with Crippen LogP contribution in [0.4, 0.5) is 5.69 Å². The molecular formula is C21H20ClN5O2. The van der Waals surface area contributed by atoms with Gasteiger partial charge in [-0.3, -0.25) is 9.78 Å². The van der Waals surface area contributed by atoms with E-state index >= 15 is 0 Å². The number of ether oxygens (including phenoxy) is 1. The van der Waals surface area contributed by atoms with E-state index in [1.807, 2.05) is 19.2 Å². The number of amides is 1. The number of para-hydroxylation sites is 1. The van der Waals surface area contributed by atoms with Gasteiger partial charge >= 0.3 is 0 Å². The first-order chi connectivity index (χ1) is 14.0. The Morgan fingerprint density at radius 1 is 1.38 bits per heavy atom. The maximum Gasteiger partial charge on any atom is 0.250 e. The number of methoxy groups -OCH3 is 1. The van der Waals surface area contributed by atoms with Gasteiger partial charge in [-0.2, -0.15) is 5.26 Å². The van der Waals surface area contributed by atoms with Crippen LogP contribution in [0.25, 0.3) is 10.9 Å². The van der Waals surface area contributed by atoms with Gasteiger partial charge in [0.2, 0.25) is 0 Å². The molecular weight excluding hydrogens is 390 g/mol. The minimum absolute atomic E-state index is 0.210. The Bertz CT molecular complexity index is 1110. The second-order valence-corrected chi connectivity index (χ2v) is 6.78. The number of carbonyl (C=O) groups excluding carboxylic acids is 1. The molecule has 2 aromatic carbocycles. The lowest BCUT2D eigenvalue weighted by Crippen LogP contribution is -2.24. The number of rotatable bonds is 7. The Morgan fingerprint density at radius 3 is 2.79 bits per heavy atom. The fourth-order valence-corrected chi connectivity index (χ4v) is 3.46. The summed E-state index contributed by atoms with van der Waals surface area (Å²) in [5, 5.41) is 17.3. The van der Waals surface area contributed by atoms with Crippen molar-refractivity contribution in [3.05, 3.63) is 64.3 Å². The van der Waals surface area contributed by atoms with Gasteiger partial charge in [0.25, 0.3) is 5.91 Å². The van der Waals surface area contributed by atoms with Crippen LogP contribution in [0.5, 0.6) is 5.75 Å². The van der Waals surface area contributed by atoms with Gasteiger partial charge in [0.15, 0.2) is 0 Å². The molecule has 7 nitrogen and oxygen atoms in total. The largest absolute Gasteiger partial charge is 0.495 e. The molecule has 0 aliphatic carbocycles. The van der Waals surface area contributed by atoms with Gasteiger partial charge in [0.1, 0.15) is 11.8 Å². The fourth-order valence-electron chi connectivity index (χ4n) is 3.19. The molecule has 0 saturated carbocycles. The zero-order valence-corrected chi connectivity index (χ0v) is 16.7. The SMILES string of the molecule is CNCC(Nc1c(C#N)cnc2c(C(N)=O)cccc12)c1ccc(OC)c(Cl)c1. The number of nitrogens with zero attached hydrogens (tertiary/aromatic N) is 2. The van der Waals surface area contributed by atoms with Gasteiger partial charge in [-0.25, -0.2) is 0 Å². The van der Waals surface area contributed by atoms with Crippen LogP contribution in [-0.4, -0.2) is 31.6 Å². The maximum absolute atomic E-state index is 11.8. The summed E-state index contributed by atoms with van der Waals surface area (Å²) in [6.07, 6.45) is 1.44. The molecule has 0 aliphatic rings. The van der Waals surface area contributed by atoms with E-state index in [0.29, 0.717) is 45.0 Å². The number of nitrogens with one attached hydrogen (secondary N) is 2. The summed E-state index contributed by atoms with van der Waals surface area (Å²) in [4.78, 5) is 16.1. The number of hydrogen-bond acceptors (Lipinski definition) is 6. The number of likely N-dealkylation sites (N-methyl/N-ethyl adjacent to an activating group) is 1. The Hall–Kier alpha value is -3.34. The van der Waals surface area contributed by atoms with E-state index in [9.17, 15) is 10.1 Å². The van der Waals surface area contributed by atoms with Crippen molar-refractivity contribution in [3.63, 3.8) is 0 Å². The summed E-state index contributed by atoms with van der Waals surface area (Å²) in [6.45, 7) is 0.562. The van der Waals surface area contributed by atoms with Gasteiger partial charge in [0.05, 0.1) is 40.5 Å². The molecule has 0 radical (unpaired) electrons. The highest BCUT2D eigenvalue weighted by Crippen LogP contribution is 2.33. The van der Waals surface area contributed by atoms with Crippen molar-refractivity contribution in [2.45, 2.75) is 6.04 Å². The molecule has 0 fully saturated rings. The molecule has 4 N–H and O–H groups in total. The highest BCUT2D eigenvalue weighted by Gasteiger charge is 2.19. The second-order valence-electron chi connectivity index (χ2n) is 6.37. The number of aromatic nitrogens is 1. The highest BCUT2D eigenvalue weighted by atomic mass is 35.5. The van der Waals surface area contributed by atoms with Crippen LogP contribution >= 0.6 is 11.6 Å². The number of primary amides is 1. The van der Waals surface area contributed by atoms with Gasteiger partial charge in [-0.1, -0.05) is 29.8 Å². The first-order valence-electron chi connectivity index (χ1n) is 8.86. The summed E-state index contributed by atoms with van der Waals surface area (Å²) in [5.41, 5.74) is 8.07. The zero-order valence-electron chi connectivity index (χ0n) is 16.0. The predicted octanol–water partition coefficient (Wildman–Crippen LogP) is 3.24. The van der Waals surface area contributed by atoms with E-state index in [4.69, 9.17) is 22.1 Å². The third-order valence-corrected chi connectivity index (χ3v) is 4.88. The van der Waals surface area contributed by atoms with Gasteiger partial charge < -0.3 is 21.1 Å². The van der Waals surface area contributed by atoms with Crippen LogP contribution in [-0.2, 0) is 0 Å². The Morgan fingerprint density at radius 2 is 2.17 bits per heavy atom. The van der Waals surface area contributed by atoms with E-state index in [1.165, 1.54) is 6.20 Å². The monoisotopic (exact) mass is 409 g/mol. The van der Waals surface area contributed by atoms with Crippen LogP contribution in [0.1, 0.15) is 27.5 Å². The van der Waals surface area contributed by atoms with Gasteiger partial charge in [0, 0.05) is 18.1 Å². The molecule has 148 valence electrons. The van der Waals surface area contributed by atoms with E-state index in [1.54, 1.807) is 31.4 Å². The summed E-state index contributed by atoms with van der Waals surface area (Å²) >= 11 is 6.30. The van der Waals surface area contributed by atoms with Crippen molar-refractivity contribution < 1.29 is 9.53 Å². The molecule has 29 heavy (non-hydrogen) atoms. The molecule has 1 unspecified atom stereocenters. The molecule has 1 amide bonds. The number of halogens is 1. The Balaban J connectivity index is 2.13. The highest BCUT2D eigenvalue weighted by molar-refractivity contribution is 6.32. The topological polar surface area (TPSA) is 113 Å². The Kier molecular flexibility index (Phi) is 6.17. The number of hydrogen-bond donors (Lipinski definition) is 3. The molecule has 0 bridgehead atoms. The minimum atomic E-state index is -0.576. The fraction of sp³-hybridized carbons (Fsp3) is 0.190. The number of carbonyl (C=O) groups is 1. The first-order valence-corrected chi connectivity index (χ1v) is 9.24. The molecule has 1 atom stereocenters. The van der Waals surface area contributed by atoms with Crippen molar-refractivity contribution in [2.75, 3.05) is 26.0 Å². The normalized spacial score (nSPS) is 11.7. The number of pyridine rings is 1. The molecule has 0 aliphatic heterocycles. The third kappa shape index (κ3) is 4.09. The number of fused-ring (bicyclic) bond motifs is 1. The predicted molar refractivity (Wildman–Crippen MR) is 113 cm³/mol. The zero-order chi connectivity index (χ0) is 21.0. The van der Waals surface area contributed by atoms with Crippen LogP contribution in [0.3, 0.4) is 0 Å². The summed E-state index contributed by atoms with van der Waals surface area (Å²) < 4.78 is 5.22. The van der Waals surface area contributed by atoms with E-state index in [0.717, 1.165) is 5.56 Å². The van der Waals surface area contributed by atoms with Crippen molar-refractivity contribution in [3.8, 4) is 11.8 Å². The van der Waals surface area contributed by atoms with E-state index in [2.05, 4.69) is 21.7 Å². The molecule has 8 heteroatoms. The molecule has 1 heterocycles. The van der Waals surface area contributed by atoms with Gasteiger partial charge in [-0.05, 0) is 30.8 Å². The molecule has 3 rings (SSSR count). The summed E-state index contributed by atoms with van der Waals surface area (Å²) in [5.74, 6) is 0.00395. The standard InChI is InChI=1S/C21H20ClN5O2/c1-25-11-17(12-6-7-18(29-2)16(22)8-12)27-19-13(9-23)10-26-20-14(19)4-3-5-15(20)21(24)28/h3-8,10,17,25H,11H2,1-2H3,(H2,24,28)(H,26,27). The quantitative estimate of drug-likeness (QED) is 0.552. The molecule has 0 spiro atoms. The average molecular weight is 410 g/mol. The van der Waals surface area contributed by atoms with Crippen LogP contribution in [0.15, 0.2) is 42.6 Å². The lowest BCUT2D eigenvalue weighted by molar-refractivity contribution is 0.100. The lowest BCUT2D eigenvalue weighted by atomic mass is 10.0. The van der Waals surface area contributed by atoms with Crippen LogP contribution < -0.4 is 21.1 Å². The van der Waals surface area contributed by atoms with Crippen LogP contribution in [0, 0.1) is 11.3 Å². The van der Waals surface area contributed by atoms with E-state index in [-0.39, 0.29) is 6.04 Å². The average Bonchev–Trinajstić information content (AvgIpc) is 2.72. The van der Waals surface area contributed by atoms with Crippen molar-refractivity contribution in [2.24, 2.45) is 5.73 Å². The number of nitriles is 1. The smallest absolute Gasteiger partial charge is 0.250 e. The van der Waals surface area contributed by atoms with Crippen molar-refractivity contribution in [1.29, 1.82) is 5.26 Å². The Labute approximate surface area is 173 Å². The first kappa shape index (κ1) is 20.4. The van der Waals surface area contributed by atoms with Crippen molar-refractivity contribution in [1.82, 2.24) is 10.3 Å². The lowest BCUT2D eigenvalue weighted by Gasteiger charge is -2.23. The van der Waals surface area contributed by atoms with Crippen LogP contribution in [0.2, 0.25) is 5.02 Å². The third-order valence-electron chi connectivity index (χ3n) is 4.59. The molecule has 3 aromatic rings. The summed E-state index contributed by atoms with van der Waals surface area (Å²) in [7, 11) is 3.39. The number of nitrogens with two attached hydrogens (primary N) is 1. The number of anilines is 1. The van der Waals surface area contributed by atoms with Gasteiger partial charge in [-0.15, -0.1) is 0 Å². The second kappa shape index (κ2) is 8.78. The maximum atomic E-state index is 11.8. The van der Waals surface area contributed by atoms with Crippen molar-refractivity contribution >= 4 is 34.1 Å². The molecule has 1 aromatic heterocycles.